The molecule has 0 aliphatic heterocycles. The number of aliphatic imine (C=N–C) groups is 1. The first-order valence-electron chi connectivity index (χ1n) is 3.46. The number of nitrogens with zero attached hydrogens (tertiary/aromatic N) is 1. The summed E-state index contributed by atoms with van der Waals surface area (Å²) in [6.45, 7) is 0. The van der Waals surface area contributed by atoms with Crippen LogP contribution in [0.5, 0.6) is 0 Å². The zero-order valence-corrected chi connectivity index (χ0v) is 9.32. The van der Waals surface area contributed by atoms with Gasteiger partial charge in [0.25, 0.3) is 9.05 Å². The third-order valence-corrected chi connectivity index (χ3v) is 1.38. The molecule has 0 radical (unpaired) electrons. The Balaban J connectivity index is 0.000000252. The van der Waals surface area contributed by atoms with Crippen LogP contribution in [0.3, 0.4) is 0 Å². The second kappa shape index (κ2) is 5.76. The van der Waals surface area contributed by atoms with E-state index in [1.54, 1.807) is 0 Å². The van der Waals surface area contributed by atoms with Crippen LogP contribution < -0.4 is 5.73 Å². The Morgan fingerprint density at radius 3 is 2.31 bits per heavy atom. The van der Waals surface area contributed by atoms with Crippen molar-refractivity contribution < 1.29 is 13.3 Å². The molecule has 13 heavy (non-hydrogen) atoms. The van der Waals surface area contributed by atoms with Gasteiger partial charge in [-0.2, -0.15) is 16.8 Å². The van der Waals surface area contributed by atoms with Crippen molar-refractivity contribution in [2.24, 2.45) is 10.7 Å². The first-order chi connectivity index (χ1) is 5.83. The highest BCUT2D eigenvalue weighted by Gasteiger charge is 2.19. The molecule has 0 heterocycles. The second-order valence-electron chi connectivity index (χ2n) is 2.46. The number of hydrogen-bond donors (Lipinski definition) is 4. The van der Waals surface area contributed by atoms with Crippen LogP contribution in [0.25, 0.3) is 0 Å². The summed E-state index contributed by atoms with van der Waals surface area (Å²) >= 11 is 7.43. The number of rotatable bonds is 2. The number of hydrogen-bond acceptors (Lipinski definition) is 4. The van der Waals surface area contributed by atoms with Crippen LogP contribution in [0.1, 0.15) is 12.8 Å². The fraction of sp³-hybridized carbons (Fsp3) is 0.800. The Kier molecular flexibility index (Phi) is 5.81. The van der Waals surface area contributed by atoms with Gasteiger partial charge < -0.3 is 5.73 Å². The molecule has 4 N–H and O–H groups in total. The van der Waals surface area contributed by atoms with Crippen molar-refractivity contribution in [3.8, 4) is 0 Å². The molecule has 0 bridgehead atoms. The molecule has 8 heteroatoms. The molecule has 0 amide bonds. The predicted octanol–water partition coefficient (Wildman–Crippen LogP) is 0.114. The van der Waals surface area contributed by atoms with Gasteiger partial charge in [0.2, 0.25) is 0 Å². The smallest absolute Gasteiger partial charge is 0.263 e. The van der Waals surface area contributed by atoms with Gasteiger partial charge in [-0.3, -0.25) is 14.1 Å². The molecule has 0 atom stereocenters. The highest BCUT2D eigenvalue weighted by Crippen LogP contribution is 2.23. The van der Waals surface area contributed by atoms with Crippen molar-refractivity contribution in [2.75, 3.05) is 5.75 Å². The summed E-state index contributed by atoms with van der Waals surface area (Å²) < 4.78 is 24.0. The zero-order valence-electron chi connectivity index (χ0n) is 6.79. The Morgan fingerprint density at radius 2 is 2.08 bits per heavy atom. The molecule has 1 aliphatic rings. The Labute approximate surface area is 87.5 Å². The lowest BCUT2D eigenvalue weighted by molar-refractivity contribution is 0.450. The van der Waals surface area contributed by atoms with E-state index in [1.807, 2.05) is 0 Å². The molecule has 1 fully saturated rings. The summed E-state index contributed by atoms with van der Waals surface area (Å²) in [7, 11) is -3.83. The van der Waals surface area contributed by atoms with Crippen LogP contribution in [0, 0.1) is 0 Å². The average molecular weight is 244 g/mol. The quantitative estimate of drug-likeness (QED) is 0.314. The standard InChI is InChI=1S/C5H10N2S.H2O3S2/c6-5(3-8)7-4-1-2-4;1-5(2,3)4/h4,8H,1-3H2,(H2,6,7);(H2,1,2,3,4). The molecule has 0 unspecified atom stereocenters. The second-order valence-corrected chi connectivity index (χ2v) is 4.97. The summed E-state index contributed by atoms with van der Waals surface area (Å²) in [4.78, 5) is 4.12. The van der Waals surface area contributed by atoms with E-state index < -0.39 is 9.05 Å². The maximum absolute atomic E-state index is 9.11. The van der Waals surface area contributed by atoms with E-state index in [2.05, 4.69) is 28.8 Å². The molecule has 1 rings (SSSR count). The molecule has 0 aromatic rings. The van der Waals surface area contributed by atoms with Gasteiger partial charge in [0.05, 0.1) is 6.04 Å². The van der Waals surface area contributed by atoms with E-state index in [0.29, 0.717) is 17.6 Å². The predicted molar refractivity (Wildman–Crippen MR) is 59.3 cm³/mol. The lowest BCUT2D eigenvalue weighted by atomic mass is 10.6. The van der Waals surface area contributed by atoms with E-state index in [1.165, 1.54) is 12.8 Å². The average Bonchev–Trinajstić information content (AvgIpc) is 2.68. The first-order valence-corrected chi connectivity index (χ1v) is 6.48. The van der Waals surface area contributed by atoms with E-state index >= 15 is 0 Å². The Hall–Kier alpha value is 0.110. The molecule has 1 saturated carbocycles. The van der Waals surface area contributed by atoms with Gasteiger partial charge in [0.1, 0.15) is 5.84 Å². The molecular weight excluding hydrogens is 232 g/mol. The van der Waals surface area contributed by atoms with Crippen molar-refractivity contribution >= 4 is 38.7 Å². The molecular formula is C5H12N2O3S3. The van der Waals surface area contributed by atoms with Crippen molar-refractivity contribution in [1.82, 2.24) is 0 Å². The van der Waals surface area contributed by atoms with Crippen LogP contribution in [0.2, 0.25) is 0 Å². The number of amidine groups is 1. The lowest BCUT2D eigenvalue weighted by Crippen LogP contribution is -2.13. The fourth-order valence-corrected chi connectivity index (χ4v) is 0.561. The van der Waals surface area contributed by atoms with Crippen molar-refractivity contribution in [3.05, 3.63) is 0 Å². The topological polar surface area (TPSA) is 95.9 Å². The molecule has 0 aromatic heterocycles. The summed E-state index contributed by atoms with van der Waals surface area (Å²) in [5.41, 5.74) is 5.39. The van der Waals surface area contributed by atoms with Crippen molar-refractivity contribution in [1.29, 1.82) is 0 Å². The SMILES string of the molecule is NC(CS)=NC1CC1.O=S(O)(O)=S. The maximum Gasteiger partial charge on any atom is 0.263 e. The molecule has 0 aromatic carbocycles. The number of nitrogens with two attached hydrogens (primary N) is 1. The summed E-state index contributed by atoms with van der Waals surface area (Å²) in [6, 6.07) is 0.544. The van der Waals surface area contributed by atoms with Crippen LogP contribution in [-0.2, 0) is 20.2 Å². The minimum Gasteiger partial charge on any atom is -0.387 e. The number of thiol groups is 1. The van der Waals surface area contributed by atoms with Crippen LogP contribution in [0.15, 0.2) is 4.99 Å². The summed E-state index contributed by atoms with van der Waals surface area (Å²) in [5.74, 6) is 1.27. The van der Waals surface area contributed by atoms with Gasteiger partial charge in [-0.15, -0.1) is 0 Å². The normalized spacial score (nSPS) is 17.6. The third-order valence-electron chi connectivity index (χ3n) is 1.06. The minimum absolute atomic E-state index is 0.544. The fourth-order valence-electron chi connectivity index (χ4n) is 0.479. The van der Waals surface area contributed by atoms with Crippen molar-refractivity contribution in [3.63, 3.8) is 0 Å². The van der Waals surface area contributed by atoms with Gasteiger partial charge in [0.15, 0.2) is 0 Å². The van der Waals surface area contributed by atoms with Gasteiger partial charge in [0, 0.05) is 16.9 Å². The van der Waals surface area contributed by atoms with E-state index in [4.69, 9.17) is 19.0 Å². The molecule has 0 spiro atoms. The Bertz CT molecular complexity index is 263. The van der Waals surface area contributed by atoms with Crippen LogP contribution in [0.4, 0.5) is 0 Å². The monoisotopic (exact) mass is 244 g/mol. The molecule has 5 nitrogen and oxygen atoms in total. The maximum atomic E-state index is 9.11. The third kappa shape index (κ3) is 14.9. The highest BCUT2D eigenvalue weighted by molar-refractivity contribution is 8.26. The first kappa shape index (κ1) is 13.1. The Morgan fingerprint density at radius 1 is 1.69 bits per heavy atom. The van der Waals surface area contributed by atoms with E-state index in [-0.39, 0.29) is 0 Å². The molecule has 78 valence electrons. The molecule has 1 aliphatic carbocycles. The van der Waals surface area contributed by atoms with Gasteiger partial charge in [-0.25, -0.2) is 0 Å². The van der Waals surface area contributed by atoms with Crippen molar-refractivity contribution in [2.45, 2.75) is 18.9 Å². The van der Waals surface area contributed by atoms with Gasteiger partial charge in [-0.05, 0) is 12.8 Å². The lowest BCUT2D eigenvalue weighted by Gasteiger charge is -1.89. The van der Waals surface area contributed by atoms with E-state index in [9.17, 15) is 0 Å². The van der Waals surface area contributed by atoms with Gasteiger partial charge >= 0.3 is 0 Å². The van der Waals surface area contributed by atoms with Gasteiger partial charge in [-0.1, -0.05) is 0 Å². The minimum atomic E-state index is -3.83. The summed E-state index contributed by atoms with van der Waals surface area (Å²) in [5, 5.41) is 0. The van der Waals surface area contributed by atoms with Crippen LogP contribution >= 0.6 is 12.6 Å². The van der Waals surface area contributed by atoms with Crippen LogP contribution in [-0.4, -0.2) is 30.9 Å². The molecule has 0 saturated heterocycles. The zero-order chi connectivity index (χ0) is 10.5. The largest absolute Gasteiger partial charge is 0.387 e. The highest BCUT2D eigenvalue weighted by atomic mass is 32.9. The van der Waals surface area contributed by atoms with E-state index in [0.717, 1.165) is 0 Å². The summed E-state index contributed by atoms with van der Waals surface area (Å²) in [6.07, 6.45) is 2.43.